The molecular formula is C19H19N3O6S. The van der Waals surface area contributed by atoms with Crippen LogP contribution >= 0.6 is 0 Å². The Morgan fingerprint density at radius 1 is 1.17 bits per heavy atom. The SMILES string of the molecule is CNS(=O)(=O)c1cc(C(=O)O[C@H](C)c2nc(-c3ccccc3)no2)ccc1OC. The topological polar surface area (TPSA) is 121 Å². The van der Waals surface area contributed by atoms with Gasteiger partial charge in [0.25, 0.3) is 5.89 Å². The minimum Gasteiger partial charge on any atom is -0.495 e. The number of carbonyl (C=O) groups is 1. The number of benzene rings is 2. The Balaban J connectivity index is 1.80. The van der Waals surface area contributed by atoms with Gasteiger partial charge in [-0.15, -0.1) is 0 Å². The van der Waals surface area contributed by atoms with E-state index in [1.807, 2.05) is 30.3 Å². The highest BCUT2D eigenvalue weighted by Gasteiger charge is 2.24. The third-order valence-electron chi connectivity index (χ3n) is 4.06. The molecule has 3 aromatic rings. The number of rotatable bonds is 7. The van der Waals surface area contributed by atoms with Crippen molar-refractivity contribution in [2.75, 3.05) is 14.2 Å². The molecule has 0 fully saturated rings. The van der Waals surface area contributed by atoms with Gasteiger partial charge >= 0.3 is 5.97 Å². The van der Waals surface area contributed by atoms with Crippen LogP contribution in [0, 0.1) is 0 Å². The number of ether oxygens (including phenoxy) is 2. The molecular weight excluding hydrogens is 398 g/mol. The van der Waals surface area contributed by atoms with Gasteiger partial charge in [0.1, 0.15) is 10.6 Å². The van der Waals surface area contributed by atoms with Crippen LogP contribution in [-0.2, 0) is 14.8 Å². The van der Waals surface area contributed by atoms with Gasteiger partial charge in [0.15, 0.2) is 6.10 Å². The Hall–Kier alpha value is -3.24. The standard InChI is InChI=1S/C19H19N3O6S/c1-12(18-21-17(22-28-18)13-7-5-4-6-8-13)27-19(23)14-9-10-15(26-3)16(11-14)29(24,25)20-2/h4-12,20H,1-3H3/t12-/m1/s1. The Labute approximate surface area is 167 Å². The highest BCUT2D eigenvalue weighted by Crippen LogP contribution is 2.26. The largest absolute Gasteiger partial charge is 0.495 e. The van der Waals surface area contributed by atoms with Crippen molar-refractivity contribution in [1.29, 1.82) is 0 Å². The molecule has 0 unspecified atom stereocenters. The van der Waals surface area contributed by atoms with E-state index in [0.717, 1.165) is 5.56 Å². The Kier molecular flexibility index (Phi) is 5.95. The summed E-state index contributed by atoms with van der Waals surface area (Å²) in [5, 5.41) is 3.89. The highest BCUT2D eigenvalue weighted by molar-refractivity contribution is 7.89. The lowest BCUT2D eigenvalue weighted by molar-refractivity contribution is 0.0265. The van der Waals surface area contributed by atoms with Gasteiger partial charge in [-0.3, -0.25) is 0 Å². The number of esters is 1. The number of carbonyl (C=O) groups excluding carboxylic acids is 1. The first-order chi connectivity index (χ1) is 13.9. The molecule has 1 heterocycles. The van der Waals surface area contributed by atoms with Crippen molar-refractivity contribution in [1.82, 2.24) is 14.9 Å². The lowest BCUT2D eigenvalue weighted by atomic mass is 10.2. The van der Waals surface area contributed by atoms with Crippen LogP contribution in [0.5, 0.6) is 5.75 Å². The third kappa shape index (κ3) is 4.44. The van der Waals surface area contributed by atoms with E-state index in [0.29, 0.717) is 5.82 Å². The fourth-order valence-electron chi connectivity index (χ4n) is 2.51. The summed E-state index contributed by atoms with van der Waals surface area (Å²) in [6.07, 6.45) is -0.834. The highest BCUT2D eigenvalue weighted by atomic mass is 32.2. The van der Waals surface area contributed by atoms with Crippen LogP contribution in [0.1, 0.15) is 29.3 Å². The quantitative estimate of drug-likeness (QED) is 0.582. The summed E-state index contributed by atoms with van der Waals surface area (Å²) in [5.74, 6) is -0.148. The first-order valence-electron chi connectivity index (χ1n) is 8.57. The van der Waals surface area contributed by atoms with Crippen LogP contribution in [0.25, 0.3) is 11.4 Å². The molecule has 0 spiro atoms. The van der Waals surface area contributed by atoms with Gasteiger partial charge in [0.2, 0.25) is 15.8 Å². The van der Waals surface area contributed by atoms with Crippen molar-refractivity contribution >= 4 is 16.0 Å². The molecule has 1 atom stereocenters. The summed E-state index contributed by atoms with van der Waals surface area (Å²) >= 11 is 0. The van der Waals surface area contributed by atoms with Crippen LogP contribution in [0.4, 0.5) is 0 Å². The van der Waals surface area contributed by atoms with Crippen molar-refractivity contribution in [2.45, 2.75) is 17.9 Å². The normalized spacial score (nSPS) is 12.4. The van der Waals surface area contributed by atoms with Crippen LogP contribution in [0.15, 0.2) is 57.9 Å². The Morgan fingerprint density at radius 3 is 2.55 bits per heavy atom. The summed E-state index contributed by atoms with van der Waals surface area (Å²) in [6, 6.07) is 13.2. The Bertz CT molecular complexity index is 1110. The van der Waals surface area contributed by atoms with Crippen molar-refractivity contribution in [3.05, 3.63) is 60.0 Å². The predicted octanol–water partition coefficient (Wildman–Crippen LogP) is 2.57. The van der Waals surface area contributed by atoms with Crippen LogP contribution in [0.2, 0.25) is 0 Å². The van der Waals surface area contributed by atoms with Crippen molar-refractivity contribution < 1.29 is 27.2 Å². The number of sulfonamides is 1. The zero-order valence-electron chi connectivity index (χ0n) is 15.9. The van der Waals surface area contributed by atoms with Crippen LogP contribution in [0.3, 0.4) is 0 Å². The molecule has 1 N–H and O–H groups in total. The average Bonchev–Trinajstić information content (AvgIpc) is 3.24. The van der Waals surface area contributed by atoms with Crippen molar-refractivity contribution in [3.8, 4) is 17.1 Å². The first kappa shape index (κ1) is 20.5. The molecule has 152 valence electrons. The first-order valence-corrected chi connectivity index (χ1v) is 10.1. The molecule has 0 aliphatic heterocycles. The van der Waals surface area contributed by atoms with E-state index in [4.69, 9.17) is 14.0 Å². The van der Waals surface area contributed by atoms with Crippen LogP contribution in [-0.4, -0.2) is 38.7 Å². The molecule has 1 aromatic heterocycles. The molecule has 0 radical (unpaired) electrons. The summed E-state index contributed by atoms with van der Waals surface area (Å²) in [4.78, 5) is 16.6. The number of nitrogens with one attached hydrogen (secondary N) is 1. The summed E-state index contributed by atoms with van der Waals surface area (Å²) in [7, 11) is -1.23. The monoisotopic (exact) mass is 417 g/mol. The molecule has 0 amide bonds. The van der Waals surface area contributed by atoms with E-state index in [9.17, 15) is 13.2 Å². The van der Waals surface area contributed by atoms with E-state index in [-0.39, 0.29) is 22.1 Å². The molecule has 0 bridgehead atoms. The summed E-state index contributed by atoms with van der Waals surface area (Å²) in [5.41, 5.74) is 0.798. The summed E-state index contributed by atoms with van der Waals surface area (Å²) in [6.45, 7) is 1.58. The molecule has 10 heteroatoms. The molecule has 3 rings (SSSR count). The predicted molar refractivity (Wildman–Crippen MR) is 103 cm³/mol. The smallest absolute Gasteiger partial charge is 0.338 e. The van der Waals surface area contributed by atoms with Gasteiger partial charge in [-0.05, 0) is 32.2 Å². The maximum absolute atomic E-state index is 12.5. The maximum atomic E-state index is 12.5. The second-order valence-corrected chi connectivity index (χ2v) is 7.80. The van der Waals surface area contributed by atoms with Gasteiger partial charge in [0.05, 0.1) is 12.7 Å². The second kappa shape index (κ2) is 8.41. The van der Waals surface area contributed by atoms with E-state index < -0.39 is 22.1 Å². The zero-order chi connectivity index (χ0) is 21.0. The number of methoxy groups -OCH3 is 1. The summed E-state index contributed by atoms with van der Waals surface area (Å²) < 4.78 is 42.1. The lowest BCUT2D eigenvalue weighted by Crippen LogP contribution is -2.20. The number of nitrogens with zero attached hydrogens (tertiary/aromatic N) is 2. The second-order valence-electron chi connectivity index (χ2n) is 5.94. The molecule has 9 nitrogen and oxygen atoms in total. The molecule has 29 heavy (non-hydrogen) atoms. The molecule has 0 saturated heterocycles. The lowest BCUT2D eigenvalue weighted by Gasteiger charge is -2.12. The van der Waals surface area contributed by atoms with E-state index >= 15 is 0 Å². The van der Waals surface area contributed by atoms with Crippen molar-refractivity contribution in [3.63, 3.8) is 0 Å². The Morgan fingerprint density at radius 2 is 1.90 bits per heavy atom. The minimum atomic E-state index is -3.83. The maximum Gasteiger partial charge on any atom is 0.338 e. The number of hydrogen-bond acceptors (Lipinski definition) is 8. The fraction of sp³-hybridized carbons (Fsp3) is 0.211. The molecule has 0 aliphatic carbocycles. The van der Waals surface area contributed by atoms with Gasteiger partial charge in [-0.1, -0.05) is 35.5 Å². The van der Waals surface area contributed by atoms with Gasteiger partial charge in [-0.25, -0.2) is 17.9 Å². The molecule has 2 aromatic carbocycles. The number of aromatic nitrogens is 2. The molecule has 0 aliphatic rings. The van der Waals surface area contributed by atoms with E-state index in [1.165, 1.54) is 32.4 Å². The molecule has 0 saturated carbocycles. The van der Waals surface area contributed by atoms with Crippen molar-refractivity contribution in [2.24, 2.45) is 0 Å². The number of hydrogen-bond donors (Lipinski definition) is 1. The minimum absolute atomic E-state index is 0.0364. The van der Waals surface area contributed by atoms with E-state index in [2.05, 4.69) is 14.9 Å². The van der Waals surface area contributed by atoms with Gasteiger partial charge < -0.3 is 14.0 Å². The van der Waals surface area contributed by atoms with Gasteiger partial charge in [0, 0.05) is 5.56 Å². The van der Waals surface area contributed by atoms with Gasteiger partial charge in [-0.2, -0.15) is 4.98 Å². The zero-order valence-corrected chi connectivity index (χ0v) is 16.8. The van der Waals surface area contributed by atoms with Crippen LogP contribution < -0.4 is 9.46 Å². The van der Waals surface area contributed by atoms with E-state index in [1.54, 1.807) is 6.92 Å². The average molecular weight is 417 g/mol. The fourth-order valence-corrected chi connectivity index (χ4v) is 3.43. The third-order valence-corrected chi connectivity index (χ3v) is 5.50.